The third kappa shape index (κ3) is 1.56. The molecule has 0 aliphatic carbocycles. The van der Waals surface area contributed by atoms with Crippen LogP contribution >= 0.6 is 12.4 Å². The number of rotatable bonds is 1. The third-order valence-electron chi connectivity index (χ3n) is 1.94. The second-order valence-corrected chi connectivity index (χ2v) is 2.80. The Balaban J connectivity index is 0.000000980. The quantitative estimate of drug-likeness (QED) is 0.687. The molecule has 0 saturated heterocycles. The van der Waals surface area contributed by atoms with E-state index in [0.29, 0.717) is 5.69 Å². The highest BCUT2D eigenvalue weighted by Gasteiger charge is 2.28. The molecular weight excluding hydrogens is 210 g/mol. The number of aromatic nitrogens is 2. The molecule has 1 aromatic heterocycles. The predicted octanol–water partition coefficient (Wildman–Crippen LogP) is -0.128. The minimum atomic E-state index is -1.03. The van der Waals surface area contributed by atoms with Gasteiger partial charge in [0.15, 0.2) is 0 Å². The Morgan fingerprint density at radius 3 is 3.07 bits per heavy atom. The Morgan fingerprint density at radius 2 is 2.43 bits per heavy atom. The van der Waals surface area contributed by atoms with E-state index in [1.807, 2.05) is 0 Å². The summed E-state index contributed by atoms with van der Waals surface area (Å²) in [6.07, 6.45) is 3.14. The van der Waals surface area contributed by atoms with Gasteiger partial charge in [-0.1, -0.05) is 0 Å². The number of imidazole rings is 1. The summed E-state index contributed by atoms with van der Waals surface area (Å²) in [7, 11) is 0. The molecule has 14 heavy (non-hydrogen) atoms. The zero-order valence-corrected chi connectivity index (χ0v) is 7.82. The maximum absolute atomic E-state index is 11.2. The number of halogens is 1. The van der Waals surface area contributed by atoms with Gasteiger partial charge in [0.05, 0.1) is 0 Å². The molecule has 0 radical (unpaired) electrons. The fourth-order valence-corrected chi connectivity index (χ4v) is 1.28. The Hall–Kier alpha value is -1.56. The first-order valence-electron chi connectivity index (χ1n) is 3.73. The molecule has 1 amide bonds. The minimum Gasteiger partial charge on any atom is -0.480 e. The molecule has 1 aliphatic heterocycles. The molecule has 7 heteroatoms. The summed E-state index contributed by atoms with van der Waals surface area (Å²) in [5.74, 6) is -1.03. The van der Waals surface area contributed by atoms with Crippen molar-refractivity contribution in [1.29, 1.82) is 0 Å². The zero-order chi connectivity index (χ0) is 9.42. The topological polar surface area (TPSA) is 84.2 Å². The number of carbonyl (C=O) groups excluding carboxylic acids is 1. The van der Waals surface area contributed by atoms with Crippen molar-refractivity contribution in [2.45, 2.75) is 12.5 Å². The van der Waals surface area contributed by atoms with Crippen LogP contribution in [0.4, 0.5) is 4.79 Å². The Bertz CT molecular complexity index is 376. The monoisotopic (exact) mass is 217 g/mol. The van der Waals surface area contributed by atoms with Crippen LogP contribution in [0.1, 0.15) is 5.69 Å². The van der Waals surface area contributed by atoms with Crippen molar-refractivity contribution in [3.8, 4) is 0 Å². The molecule has 0 aromatic carbocycles. The summed E-state index contributed by atoms with van der Waals surface area (Å²) in [6, 6.07) is -1.28. The SMILES string of the molecule is Cl.O=C(O)C1Cc2cncn2C(=O)N1. The van der Waals surface area contributed by atoms with Crippen molar-refractivity contribution in [3.05, 3.63) is 18.2 Å². The summed E-state index contributed by atoms with van der Waals surface area (Å²) >= 11 is 0. The van der Waals surface area contributed by atoms with Crippen molar-refractivity contribution in [2.24, 2.45) is 0 Å². The number of amides is 1. The second kappa shape index (κ2) is 3.67. The molecule has 1 aliphatic rings. The van der Waals surface area contributed by atoms with Crippen LogP contribution in [-0.4, -0.2) is 32.7 Å². The molecule has 6 nitrogen and oxygen atoms in total. The number of carbonyl (C=O) groups is 2. The van der Waals surface area contributed by atoms with Crippen LogP contribution in [0, 0.1) is 0 Å². The molecule has 76 valence electrons. The molecule has 1 aromatic rings. The lowest BCUT2D eigenvalue weighted by Gasteiger charge is -2.20. The van der Waals surface area contributed by atoms with E-state index in [2.05, 4.69) is 10.3 Å². The summed E-state index contributed by atoms with van der Waals surface area (Å²) in [5.41, 5.74) is 0.621. The van der Waals surface area contributed by atoms with Gasteiger partial charge in [0.2, 0.25) is 0 Å². The largest absolute Gasteiger partial charge is 0.480 e. The molecule has 0 saturated carbocycles. The first-order chi connectivity index (χ1) is 6.18. The number of fused-ring (bicyclic) bond motifs is 1. The van der Waals surface area contributed by atoms with Gasteiger partial charge in [0.1, 0.15) is 12.4 Å². The van der Waals surface area contributed by atoms with Crippen LogP contribution in [0.2, 0.25) is 0 Å². The van der Waals surface area contributed by atoms with Gasteiger partial charge < -0.3 is 10.4 Å². The number of aliphatic carboxylic acids is 1. The van der Waals surface area contributed by atoms with E-state index in [1.54, 1.807) is 0 Å². The lowest BCUT2D eigenvalue weighted by Crippen LogP contribution is -2.48. The highest BCUT2D eigenvalue weighted by Crippen LogP contribution is 2.08. The van der Waals surface area contributed by atoms with E-state index in [1.165, 1.54) is 17.1 Å². The summed E-state index contributed by atoms with van der Waals surface area (Å²) in [6.45, 7) is 0. The number of hydrogen-bond acceptors (Lipinski definition) is 3. The van der Waals surface area contributed by atoms with E-state index in [0.717, 1.165) is 0 Å². The molecule has 0 bridgehead atoms. The van der Waals surface area contributed by atoms with Crippen LogP contribution in [0.25, 0.3) is 0 Å². The Labute approximate surface area is 85.3 Å². The smallest absolute Gasteiger partial charge is 0.327 e. The van der Waals surface area contributed by atoms with Crippen LogP contribution < -0.4 is 5.32 Å². The lowest BCUT2D eigenvalue weighted by molar-refractivity contribution is -0.139. The first kappa shape index (κ1) is 10.5. The average Bonchev–Trinajstić information content (AvgIpc) is 2.51. The maximum Gasteiger partial charge on any atom is 0.327 e. The van der Waals surface area contributed by atoms with E-state index in [4.69, 9.17) is 5.11 Å². The summed E-state index contributed by atoms with van der Waals surface area (Å²) in [4.78, 5) is 25.6. The zero-order valence-electron chi connectivity index (χ0n) is 7.01. The summed E-state index contributed by atoms with van der Waals surface area (Å²) in [5, 5.41) is 11.0. The number of carboxylic acid groups (broad SMARTS) is 1. The van der Waals surface area contributed by atoms with E-state index in [-0.39, 0.29) is 18.8 Å². The van der Waals surface area contributed by atoms with E-state index >= 15 is 0 Å². The van der Waals surface area contributed by atoms with Gasteiger partial charge in [-0.2, -0.15) is 0 Å². The number of hydrogen-bond donors (Lipinski definition) is 2. The second-order valence-electron chi connectivity index (χ2n) is 2.80. The molecule has 0 spiro atoms. The highest BCUT2D eigenvalue weighted by molar-refractivity contribution is 5.86. The number of nitrogens with one attached hydrogen (secondary N) is 1. The van der Waals surface area contributed by atoms with Crippen LogP contribution in [0.3, 0.4) is 0 Å². The van der Waals surface area contributed by atoms with Crippen LogP contribution in [0.15, 0.2) is 12.5 Å². The van der Waals surface area contributed by atoms with Gasteiger partial charge in [-0.3, -0.25) is 4.57 Å². The van der Waals surface area contributed by atoms with Gasteiger partial charge in [-0.25, -0.2) is 14.6 Å². The Morgan fingerprint density at radius 1 is 1.71 bits per heavy atom. The maximum atomic E-state index is 11.2. The third-order valence-corrected chi connectivity index (χ3v) is 1.94. The van der Waals surface area contributed by atoms with E-state index < -0.39 is 18.0 Å². The fourth-order valence-electron chi connectivity index (χ4n) is 1.28. The lowest BCUT2D eigenvalue weighted by atomic mass is 10.1. The molecule has 0 fully saturated rings. The standard InChI is InChI=1S/C7H7N3O3.ClH/c11-6(12)5-1-4-2-8-3-10(4)7(13)9-5;/h2-3,5H,1H2,(H,9,13)(H,11,12);1H. The van der Waals surface area contributed by atoms with Crippen molar-refractivity contribution in [1.82, 2.24) is 14.9 Å². The van der Waals surface area contributed by atoms with Gasteiger partial charge in [-0.05, 0) is 0 Å². The first-order valence-corrected chi connectivity index (χ1v) is 3.73. The molecule has 2 heterocycles. The number of carboxylic acids is 1. The highest BCUT2D eigenvalue weighted by atomic mass is 35.5. The van der Waals surface area contributed by atoms with Crippen molar-refractivity contribution in [3.63, 3.8) is 0 Å². The molecule has 2 rings (SSSR count). The van der Waals surface area contributed by atoms with Crippen molar-refractivity contribution < 1.29 is 14.7 Å². The van der Waals surface area contributed by atoms with Crippen LogP contribution in [-0.2, 0) is 11.2 Å². The van der Waals surface area contributed by atoms with Crippen LogP contribution in [0.5, 0.6) is 0 Å². The van der Waals surface area contributed by atoms with Gasteiger partial charge in [0.25, 0.3) is 0 Å². The van der Waals surface area contributed by atoms with Gasteiger partial charge >= 0.3 is 12.0 Å². The van der Waals surface area contributed by atoms with Gasteiger partial charge in [0, 0.05) is 18.3 Å². The fraction of sp³-hybridized carbons (Fsp3) is 0.286. The normalized spacial score (nSPS) is 19.1. The average molecular weight is 218 g/mol. The summed E-state index contributed by atoms with van der Waals surface area (Å²) < 4.78 is 1.30. The number of nitrogens with zero attached hydrogens (tertiary/aromatic N) is 2. The molecule has 1 unspecified atom stereocenters. The minimum absolute atomic E-state index is 0. The molecule has 1 atom stereocenters. The van der Waals surface area contributed by atoms with Gasteiger partial charge in [-0.15, -0.1) is 12.4 Å². The van der Waals surface area contributed by atoms with Crippen molar-refractivity contribution in [2.75, 3.05) is 0 Å². The predicted molar refractivity (Wildman–Crippen MR) is 48.5 cm³/mol. The molecular formula is C7H8ClN3O3. The Kier molecular flexibility index (Phi) is 2.76. The molecule has 2 N–H and O–H groups in total. The van der Waals surface area contributed by atoms with Crippen molar-refractivity contribution >= 4 is 24.4 Å². The van der Waals surface area contributed by atoms with E-state index in [9.17, 15) is 9.59 Å².